The zero-order valence-electron chi connectivity index (χ0n) is 13.5. The Morgan fingerprint density at radius 1 is 1.14 bits per heavy atom. The van der Waals surface area contributed by atoms with Crippen LogP contribution in [0.3, 0.4) is 0 Å². The van der Waals surface area contributed by atoms with E-state index in [-0.39, 0.29) is 0 Å². The summed E-state index contributed by atoms with van der Waals surface area (Å²) < 4.78 is 0. The summed E-state index contributed by atoms with van der Waals surface area (Å²) in [6.07, 6.45) is 5.88. The molecule has 0 radical (unpaired) electrons. The first-order valence-electron chi connectivity index (χ1n) is 7.64. The van der Waals surface area contributed by atoms with Gasteiger partial charge in [-0.3, -0.25) is 14.9 Å². The summed E-state index contributed by atoms with van der Waals surface area (Å²) in [6.45, 7) is 7.37. The van der Waals surface area contributed by atoms with E-state index in [9.17, 15) is 0 Å². The molecule has 2 aromatic heterocycles. The Labute approximate surface area is 128 Å². The lowest BCUT2D eigenvalue weighted by molar-refractivity contribution is 0.244. The number of hydrogen-bond donors (Lipinski definition) is 0. The van der Waals surface area contributed by atoms with Gasteiger partial charge in [0, 0.05) is 37.1 Å². The Hall–Kier alpha value is -1.74. The van der Waals surface area contributed by atoms with Gasteiger partial charge in [0.05, 0.1) is 5.69 Å². The monoisotopic (exact) mass is 283 g/mol. The van der Waals surface area contributed by atoms with Gasteiger partial charge in [-0.25, -0.2) is 0 Å². The van der Waals surface area contributed by atoms with Gasteiger partial charge in [-0.1, -0.05) is 13.0 Å². The van der Waals surface area contributed by atoms with Crippen molar-refractivity contribution in [2.45, 2.75) is 46.2 Å². The highest BCUT2D eigenvalue weighted by Crippen LogP contribution is 2.10. The molecule has 2 rings (SSSR count). The SMILES string of the molecule is CCc1ccc(CN(C)[C@H](C)Cc2cc(C)ccn2)nc1. The van der Waals surface area contributed by atoms with Crippen molar-refractivity contribution in [2.24, 2.45) is 0 Å². The smallest absolute Gasteiger partial charge is 0.0544 e. The molecular formula is C18H25N3. The van der Waals surface area contributed by atoms with E-state index in [0.29, 0.717) is 6.04 Å². The molecule has 21 heavy (non-hydrogen) atoms. The van der Waals surface area contributed by atoms with Gasteiger partial charge >= 0.3 is 0 Å². The Bertz CT molecular complexity index is 563. The Morgan fingerprint density at radius 2 is 1.95 bits per heavy atom. The zero-order chi connectivity index (χ0) is 15.2. The van der Waals surface area contributed by atoms with Crippen molar-refractivity contribution >= 4 is 0 Å². The Balaban J connectivity index is 1.93. The van der Waals surface area contributed by atoms with Gasteiger partial charge in [0.2, 0.25) is 0 Å². The molecule has 0 saturated carbocycles. The fraction of sp³-hybridized carbons (Fsp3) is 0.444. The van der Waals surface area contributed by atoms with Crippen molar-refractivity contribution in [1.82, 2.24) is 14.9 Å². The highest BCUT2D eigenvalue weighted by atomic mass is 15.1. The van der Waals surface area contributed by atoms with Crippen LogP contribution in [0.5, 0.6) is 0 Å². The van der Waals surface area contributed by atoms with Crippen LogP contribution in [0.15, 0.2) is 36.7 Å². The first-order valence-corrected chi connectivity index (χ1v) is 7.64. The van der Waals surface area contributed by atoms with Crippen molar-refractivity contribution in [3.8, 4) is 0 Å². The average Bonchev–Trinajstić information content (AvgIpc) is 2.48. The molecule has 0 amide bonds. The molecule has 112 valence electrons. The summed E-state index contributed by atoms with van der Waals surface area (Å²) >= 11 is 0. The minimum Gasteiger partial charge on any atom is -0.297 e. The van der Waals surface area contributed by atoms with E-state index in [1.54, 1.807) is 0 Å². The van der Waals surface area contributed by atoms with Gasteiger partial charge in [-0.05, 0) is 56.6 Å². The summed E-state index contributed by atoms with van der Waals surface area (Å²) in [4.78, 5) is 11.3. The second kappa shape index (κ2) is 7.32. The van der Waals surface area contributed by atoms with Crippen molar-refractivity contribution < 1.29 is 0 Å². The first-order chi connectivity index (χ1) is 10.1. The largest absolute Gasteiger partial charge is 0.297 e. The molecule has 0 unspecified atom stereocenters. The highest BCUT2D eigenvalue weighted by Gasteiger charge is 2.12. The molecule has 2 heterocycles. The number of nitrogens with zero attached hydrogens (tertiary/aromatic N) is 3. The quantitative estimate of drug-likeness (QED) is 0.813. The first kappa shape index (κ1) is 15.6. The molecule has 0 spiro atoms. The van der Waals surface area contributed by atoms with Crippen molar-refractivity contribution in [3.63, 3.8) is 0 Å². The molecule has 0 aliphatic heterocycles. The molecule has 0 aliphatic rings. The van der Waals surface area contributed by atoms with Crippen LogP contribution >= 0.6 is 0 Å². The molecule has 1 atom stereocenters. The minimum absolute atomic E-state index is 0.437. The third-order valence-electron chi connectivity index (χ3n) is 3.93. The number of aromatic nitrogens is 2. The third kappa shape index (κ3) is 4.64. The molecule has 2 aromatic rings. The third-order valence-corrected chi connectivity index (χ3v) is 3.93. The van der Waals surface area contributed by atoms with E-state index in [1.165, 1.54) is 11.1 Å². The van der Waals surface area contributed by atoms with E-state index in [0.717, 1.165) is 30.8 Å². The van der Waals surface area contributed by atoms with Crippen LogP contribution in [0.1, 0.15) is 36.4 Å². The number of rotatable bonds is 6. The maximum atomic E-state index is 4.54. The molecule has 3 nitrogen and oxygen atoms in total. The van der Waals surface area contributed by atoms with E-state index in [1.807, 2.05) is 18.5 Å². The lowest BCUT2D eigenvalue weighted by Gasteiger charge is -2.24. The van der Waals surface area contributed by atoms with E-state index >= 15 is 0 Å². The molecule has 0 aromatic carbocycles. The van der Waals surface area contributed by atoms with Gasteiger partial charge in [0.15, 0.2) is 0 Å². The number of likely N-dealkylation sites (N-methyl/N-ethyl adjacent to an activating group) is 1. The predicted octanol–water partition coefficient (Wildman–Crippen LogP) is 3.41. The van der Waals surface area contributed by atoms with Gasteiger partial charge in [0.1, 0.15) is 0 Å². The summed E-state index contributed by atoms with van der Waals surface area (Å²) in [7, 11) is 2.15. The molecule has 0 N–H and O–H groups in total. The highest BCUT2D eigenvalue weighted by molar-refractivity contribution is 5.16. The van der Waals surface area contributed by atoms with Crippen LogP contribution in [0.4, 0.5) is 0 Å². The van der Waals surface area contributed by atoms with Gasteiger partial charge in [-0.2, -0.15) is 0 Å². The van der Waals surface area contributed by atoms with Gasteiger partial charge in [-0.15, -0.1) is 0 Å². The van der Waals surface area contributed by atoms with Crippen LogP contribution < -0.4 is 0 Å². The fourth-order valence-corrected chi connectivity index (χ4v) is 2.34. The van der Waals surface area contributed by atoms with E-state index < -0.39 is 0 Å². The number of hydrogen-bond acceptors (Lipinski definition) is 3. The Kier molecular flexibility index (Phi) is 5.45. The van der Waals surface area contributed by atoms with Gasteiger partial charge in [0.25, 0.3) is 0 Å². The van der Waals surface area contributed by atoms with Crippen LogP contribution in [-0.2, 0) is 19.4 Å². The average molecular weight is 283 g/mol. The molecule has 3 heteroatoms. The van der Waals surface area contributed by atoms with Crippen molar-refractivity contribution in [3.05, 3.63) is 59.2 Å². The Morgan fingerprint density at radius 3 is 2.57 bits per heavy atom. The van der Waals surface area contributed by atoms with Crippen LogP contribution in [0.2, 0.25) is 0 Å². The standard InChI is InChI=1S/C18H25N3/c1-5-16-6-7-17(20-12-16)13-21(4)15(3)11-18-10-14(2)8-9-19-18/h6-10,12,15H,5,11,13H2,1-4H3/t15-/m1/s1. The summed E-state index contributed by atoms with van der Waals surface area (Å²) in [5.74, 6) is 0. The van der Waals surface area contributed by atoms with Crippen molar-refractivity contribution in [2.75, 3.05) is 7.05 Å². The topological polar surface area (TPSA) is 29.0 Å². The molecule has 0 saturated heterocycles. The molecule has 0 fully saturated rings. The maximum Gasteiger partial charge on any atom is 0.0544 e. The van der Waals surface area contributed by atoms with Crippen LogP contribution in [0, 0.1) is 6.92 Å². The van der Waals surface area contributed by atoms with E-state index in [2.05, 4.69) is 60.9 Å². The number of pyridine rings is 2. The molecular weight excluding hydrogens is 258 g/mol. The van der Waals surface area contributed by atoms with Gasteiger partial charge < -0.3 is 0 Å². The minimum atomic E-state index is 0.437. The summed E-state index contributed by atoms with van der Waals surface area (Å²) in [5, 5.41) is 0. The predicted molar refractivity (Wildman–Crippen MR) is 87.2 cm³/mol. The normalized spacial score (nSPS) is 12.6. The second-order valence-corrected chi connectivity index (χ2v) is 5.80. The summed E-state index contributed by atoms with van der Waals surface area (Å²) in [6, 6.07) is 8.94. The lowest BCUT2D eigenvalue weighted by atomic mass is 10.1. The van der Waals surface area contributed by atoms with Crippen molar-refractivity contribution in [1.29, 1.82) is 0 Å². The maximum absolute atomic E-state index is 4.54. The fourth-order valence-electron chi connectivity index (χ4n) is 2.34. The zero-order valence-corrected chi connectivity index (χ0v) is 13.5. The number of aryl methyl sites for hydroxylation is 2. The lowest BCUT2D eigenvalue weighted by Crippen LogP contribution is -2.31. The molecule has 0 aliphatic carbocycles. The summed E-state index contributed by atoms with van der Waals surface area (Å²) in [5.41, 5.74) is 4.84. The van der Waals surface area contributed by atoms with E-state index in [4.69, 9.17) is 0 Å². The second-order valence-electron chi connectivity index (χ2n) is 5.80. The van der Waals surface area contributed by atoms with Crippen LogP contribution in [0.25, 0.3) is 0 Å². The van der Waals surface area contributed by atoms with Crippen LogP contribution in [-0.4, -0.2) is 28.0 Å². The molecule has 0 bridgehead atoms.